The van der Waals surface area contributed by atoms with E-state index in [2.05, 4.69) is 5.32 Å². The molecule has 1 heterocycles. The van der Waals surface area contributed by atoms with Crippen molar-refractivity contribution in [3.63, 3.8) is 0 Å². The number of rotatable bonds is 6. The minimum Gasteiger partial charge on any atom is -0.325 e. The molecule has 0 saturated carbocycles. The van der Waals surface area contributed by atoms with Crippen LogP contribution < -0.4 is 10.2 Å². The van der Waals surface area contributed by atoms with Gasteiger partial charge in [0.25, 0.3) is 0 Å². The first-order chi connectivity index (χ1) is 15.8. The smallest absolute Gasteiger partial charge is 0.325 e. The lowest BCUT2D eigenvalue weighted by Crippen LogP contribution is -2.28. The van der Waals surface area contributed by atoms with E-state index >= 15 is 0 Å². The number of alkyl halides is 3. The van der Waals surface area contributed by atoms with Crippen LogP contribution in [0.1, 0.15) is 16.5 Å². The summed E-state index contributed by atoms with van der Waals surface area (Å²) in [5.41, 5.74) is 1.01. The Labute approximate surface area is 197 Å². The van der Waals surface area contributed by atoms with Crippen molar-refractivity contribution in [1.82, 2.24) is 0 Å². The first kappa shape index (κ1) is 23.3. The van der Waals surface area contributed by atoms with Gasteiger partial charge < -0.3 is 5.32 Å². The summed E-state index contributed by atoms with van der Waals surface area (Å²) in [4.78, 5) is 27.4. The zero-order valence-electron chi connectivity index (χ0n) is 17.2. The minimum absolute atomic E-state index is 0.157. The summed E-state index contributed by atoms with van der Waals surface area (Å²) in [7, 11) is 0. The second-order valence-electron chi connectivity index (χ2n) is 7.25. The van der Waals surface area contributed by atoms with Gasteiger partial charge in [-0.05, 0) is 54.1 Å². The number of amides is 2. The maximum atomic E-state index is 12.9. The highest BCUT2D eigenvalue weighted by Crippen LogP contribution is 2.43. The van der Waals surface area contributed by atoms with Gasteiger partial charge in [-0.3, -0.25) is 14.5 Å². The number of hydrogen-bond donors (Lipinski definition) is 1. The van der Waals surface area contributed by atoms with Gasteiger partial charge in [0.2, 0.25) is 11.8 Å². The Morgan fingerprint density at radius 1 is 1.03 bits per heavy atom. The van der Waals surface area contributed by atoms with E-state index in [1.54, 1.807) is 18.2 Å². The molecule has 4 nitrogen and oxygen atoms in total. The molecular formula is C24H19F3N2O2S2. The second kappa shape index (κ2) is 9.93. The molecule has 33 heavy (non-hydrogen) atoms. The molecule has 2 amide bonds. The van der Waals surface area contributed by atoms with E-state index in [9.17, 15) is 22.8 Å². The van der Waals surface area contributed by atoms with E-state index in [1.165, 1.54) is 40.6 Å². The predicted molar refractivity (Wildman–Crippen MR) is 126 cm³/mol. The molecule has 3 aromatic rings. The van der Waals surface area contributed by atoms with Gasteiger partial charge in [-0.15, -0.1) is 23.5 Å². The third kappa shape index (κ3) is 5.72. The molecule has 170 valence electrons. The van der Waals surface area contributed by atoms with Gasteiger partial charge in [-0.2, -0.15) is 13.2 Å². The lowest BCUT2D eigenvalue weighted by molar-refractivity contribution is -0.137. The fourth-order valence-electron chi connectivity index (χ4n) is 3.39. The predicted octanol–water partition coefficient (Wildman–Crippen LogP) is 6.21. The Kier molecular flexibility index (Phi) is 6.99. The Hall–Kier alpha value is -2.91. The molecule has 1 aliphatic rings. The van der Waals surface area contributed by atoms with Crippen LogP contribution in [0.4, 0.5) is 24.5 Å². The van der Waals surface area contributed by atoms with E-state index < -0.39 is 17.1 Å². The molecule has 0 aliphatic carbocycles. The SMILES string of the molecule is O=C(CSc1ccccc1)Nc1cccc(C2SCC(=O)N2c2ccc(C(F)(F)F)cc2)c1. The zero-order valence-corrected chi connectivity index (χ0v) is 18.8. The van der Waals surface area contributed by atoms with E-state index in [-0.39, 0.29) is 23.3 Å². The Balaban J connectivity index is 1.47. The second-order valence-corrected chi connectivity index (χ2v) is 9.36. The van der Waals surface area contributed by atoms with Crippen LogP contribution in [-0.2, 0) is 15.8 Å². The molecule has 1 N–H and O–H groups in total. The van der Waals surface area contributed by atoms with Crippen LogP contribution in [0.25, 0.3) is 0 Å². The van der Waals surface area contributed by atoms with Gasteiger partial charge in [-0.25, -0.2) is 0 Å². The number of nitrogens with one attached hydrogen (secondary N) is 1. The van der Waals surface area contributed by atoms with Crippen molar-refractivity contribution in [3.8, 4) is 0 Å². The van der Waals surface area contributed by atoms with Crippen LogP contribution in [0.2, 0.25) is 0 Å². The number of carbonyl (C=O) groups excluding carboxylic acids is 2. The maximum Gasteiger partial charge on any atom is 0.416 e. The van der Waals surface area contributed by atoms with E-state index in [1.807, 2.05) is 36.4 Å². The molecule has 0 radical (unpaired) electrons. The molecular weight excluding hydrogens is 469 g/mol. The van der Waals surface area contributed by atoms with Crippen LogP contribution >= 0.6 is 23.5 Å². The standard InChI is InChI=1S/C24H19F3N2O2S2/c25-24(26,27)17-9-11-19(12-10-17)29-22(31)15-33-23(29)16-5-4-6-18(13-16)28-21(30)14-32-20-7-2-1-3-8-20/h1-13,23H,14-15H2,(H,28,30). The number of benzene rings is 3. The number of halogens is 3. The van der Waals surface area contributed by atoms with E-state index in [0.717, 1.165) is 22.6 Å². The number of hydrogen-bond acceptors (Lipinski definition) is 4. The van der Waals surface area contributed by atoms with Crippen molar-refractivity contribution in [3.05, 3.63) is 90.0 Å². The Morgan fingerprint density at radius 2 is 1.76 bits per heavy atom. The molecule has 3 aromatic carbocycles. The topological polar surface area (TPSA) is 49.4 Å². The maximum absolute atomic E-state index is 12.9. The van der Waals surface area contributed by atoms with Crippen molar-refractivity contribution < 1.29 is 22.8 Å². The summed E-state index contributed by atoms with van der Waals surface area (Å²) in [6.45, 7) is 0. The van der Waals surface area contributed by atoms with Gasteiger partial charge >= 0.3 is 6.18 Å². The molecule has 0 spiro atoms. The number of thioether (sulfide) groups is 2. The Morgan fingerprint density at radius 3 is 2.45 bits per heavy atom. The molecule has 4 rings (SSSR count). The first-order valence-electron chi connectivity index (χ1n) is 10.00. The van der Waals surface area contributed by atoms with Crippen LogP contribution in [0.15, 0.2) is 83.8 Å². The lowest BCUT2D eigenvalue weighted by Gasteiger charge is -2.25. The van der Waals surface area contributed by atoms with Crippen LogP contribution in [0, 0.1) is 0 Å². The number of carbonyl (C=O) groups is 2. The van der Waals surface area contributed by atoms with Gasteiger partial charge in [0.15, 0.2) is 0 Å². The van der Waals surface area contributed by atoms with Crippen molar-refractivity contribution in [2.75, 3.05) is 21.7 Å². The largest absolute Gasteiger partial charge is 0.416 e. The van der Waals surface area contributed by atoms with Gasteiger partial charge in [-0.1, -0.05) is 30.3 Å². The van der Waals surface area contributed by atoms with Crippen molar-refractivity contribution in [2.24, 2.45) is 0 Å². The molecule has 1 saturated heterocycles. The first-order valence-corrected chi connectivity index (χ1v) is 12.0. The molecule has 1 atom stereocenters. The third-order valence-electron chi connectivity index (χ3n) is 4.91. The molecule has 0 bridgehead atoms. The minimum atomic E-state index is -4.44. The average Bonchev–Trinajstić information content (AvgIpc) is 3.19. The molecule has 1 unspecified atom stereocenters. The highest BCUT2D eigenvalue weighted by molar-refractivity contribution is 8.00. The lowest BCUT2D eigenvalue weighted by atomic mass is 10.1. The average molecular weight is 489 g/mol. The van der Waals surface area contributed by atoms with Gasteiger partial charge in [0.1, 0.15) is 5.37 Å². The fraction of sp³-hybridized carbons (Fsp3) is 0.167. The van der Waals surface area contributed by atoms with Crippen LogP contribution in [-0.4, -0.2) is 23.3 Å². The van der Waals surface area contributed by atoms with Gasteiger partial charge in [0, 0.05) is 16.3 Å². The third-order valence-corrected chi connectivity index (χ3v) is 7.13. The van der Waals surface area contributed by atoms with Crippen molar-refractivity contribution >= 4 is 46.7 Å². The summed E-state index contributed by atoms with van der Waals surface area (Å²) >= 11 is 2.82. The summed E-state index contributed by atoms with van der Waals surface area (Å²) < 4.78 is 38.7. The number of anilines is 2. The quantitative estimate of drug-likeness (QED) is 0.419. The summed E-state index contributed by atoms with van der Waals surface area (Å²) in [5.74, 6) is 0.132. The van der Waals surface area contributed by atoms with Crippen LogP contribution in [0.3, 0.4) is 0 Å². The molecule has 1 aliphatic heterocycles. The van der Waals surface area contributed by atoms with E-state index in [4.69, 9.17) is 0 Å². The van der Waals surface area contributed by atoms with Crippen LogP contribution in [0.5, 0.6) is 0 Å². The van der Waals surface area contributed by atoms with Crippen molar-refractivity contribution in [2.45, 2.75) is 16.4 Å². The highest BCUT2D eigenvalue weighted by Gasteiger charge is 2.35. The Bertz CT molecular complexity index is 1140. The molecule has 0 aromatic heterocycles. The normalized spacial score (nSPS) is 16.2. The summed E-state index contributed by atoms with van der Waals surface area (Å²) in [6.07, 6.45) is -4.44. The fourth-order valence-corrected chi connectivity index (χ4v) is 5.28. The van der Waals surface area contributed by atoms with E-state index in [0.29, 0.717) is 11.4 Å². The van der Waals surface area contributed by atoms with Gasteiger partial charge in [0.05, 0.1) is 17.1 Å². The summed E-state index contributed by atoms with van der Waals surface area (Å²) in [5, 5.41) is 2.47. The monoisotopic (exact) mass is 488 g/mol. The van der Waals surface area contributed by atoms with Crippen molar-refractivity contribution in [1.29, 1.82) is 0 Å². The molecule has 9 heteroatoms. The highest BCUT2D eigenvalue weighted by atomic mass is 32.2. The molecule has 1 fully saturated rings. The summed E-state index contributed by atoms with van der Waals surface area (Å²) in [6, 6.07) is 21.3. The zero-order chi connectivity index (χ0) is 23.4. The number of nitrogens with zero attached hydrogens (tertiary/aromatic N) is 1.